The normalized spacial score (nSPS) is 12.0. The molecular weight excluding hydrogens is 240 g/mol. The first kappa shape index (κ1) is 13.8. The lowest BCUT2D eigenvalue weighted by Crippen LogP contribution is -2.34. The summed E-state index contributed by atoms with van der Waals surface area (Å²) in [4.78, 5) is 11.6. The molecule has 0 aromatic heterocycles. The minimum Gasteiger partial charge on any atom is -0.492 e. The highest BCUT2D eigenvalue weighted by atomic mass is 35.5. The van der Waals surface area contributed by atoms with Crippen LogP contribution in [-0.4, -0.2) is 18.6 Å². The molecule has 0 fully saturated rings. The van der Waals surface area contributed by atoms with Gasteiger partial charge in [0.1, 0.15) is 5.75 Å². The molecule has 4 nitrogen and oxygen atoms in total. The van der Waals surface area contributed by atoms with Crippen LogP contribution >= 0.6 is 11.6 Å². The molecular formula is C12H17ClN2O2. The van der Waals surface area contributed by atoms with E-state index < -0.39 is 6.04 Å². The number of benzene rings is 1. The molecule has 94 valence electrons. The fourth-order valence-corrected chi connectivity index (χ4v) is 1.51. The van der Waals surface area contributed by atoms with Crippen LogP contribution in [-0.2, 0) is 4.79 Å². The quantitative estimate of drug-likeness (QED) is 0.850. The van der Waals surface area contributed by atoms with Crippen molar-refractivity contribution in [1.82, 2.24) is 0 Å². The highest BCUT2D eigenvalue weighted by Gasteiger charge is 2.11. The number of ether oxygens (including phenoxy) is 1. The number of anilines is 1. The van der Waals surface area contributed by atoms with Crippen LogP contribution < -0.4 is 15.8 Å². The average Bonchev–Trinajstić information content (AvgIpc) is 2.31. The summed E-state index contributed by atoms with van der Waals surface area (Å²) < 4.78 is 5.30. The zero-order valence-electron chi connectivity index (χ0n) is 10.00. The van der Waals surface area contributed by atoms with Crippen LogP contribution in [0.1, 0.15) is 20.3 Å². The van der Waals surface area contributed by atoms with Gasteiger partial charge in [0.15, 0.2) is 0 Å². The van der Waals surface area contributed by atoms with Crippen LogP contribution in [0.5, 0.6) is 5.75 Å². The van der Waals surface area contributed by atoms with Gasteiger partial charge in [-0.25, -0.2) is 0 Å². The summed E-state index contributed by atoms with van der Waals surface area (Å²) in [6, 6.07) is 4.60. The maximum Gasteiger partial charge on any atom is 0.241 e. The summed E-state index contributed by atoms with van der Waals surface area (Å²) in [6.07, 6.45) is 0.594. The van der Waals surface area contributed by atoms with Gasteiger partial charge in [0.2, 0.25) is 5.91 Å². The summed E-state index contributed by atoms with van der Waals surface area (Å²) in [5.41, 5.74) is 6.23. The number of amides is 1. The lowest BCUT2D eigenvalue weighted by molar-refractivity contribution is -0.117. The molecule has 0 aliphatic heterocycles. The van der Waals surface area contributed by atoms with E-state index in [1.54, 1.807) is 18.2 Å². The van der Waals surface area contributed by atoms with E-state index in [0.29, 0.717) is 29.5 Å². The van der Waals surface area contributed by atoms with E-state index in [-0.39, 0.29) is 5.91 Å². The molecule has 1 atom stereocenters. The number of rotatable bonds is 5. The second-order valence-electron chi connectivity index (χ2n) is 3.58. The van der Waals surface area contributed by atoms with Crippen LogP contribution in [0.15, 0.2) is 18.2 Å². The van der Waals surface area contributed by atoms with Crippen LogP contribution in [0.4, 0.5) is 5.69 Å². The molecule has 0 aliphatic rings. The Bertz CT molecular complexity index is 396. The molecule has 0 saturated heterocycles. The molecule has 0 spiro atoms. The second-order valence-corrected chi connectivity index (χ2v) is 3.99. The molecule has 3 N–H and O–H groups in total. The van der Waals surface area contributed by atoms with Crippen LogP contribution in [0.25, 0.3) is 0 Å². The number of hydrogen-bond donors (Lipinski definition) is 2. The lowest BCUT2D eigenvalue weighted by atomic mass is 10.2. The summed E-state index contributed by atoms with van der Waals surface area (Å²) in [7, 11) is 0. The molecule has 1 aromatic rings. The van der Waals surface area contributed by atoms with Gasteiger partial charge in [-0.1, -0.05) is 18.5 Å². The summed E-state index contributed by atoms with van der Waals surface area (Å²) in [5.74, 6) is 0.389. The number of nitrogens with two attached hydrogens (primary N) is 1. The molecule has 1 aromatic carbocycles. The monoisotopic (exact) mass is 256 g/mol. The molecule has 1 amide bonds. The van der Waals surface area contributed by atoms with Gasteiger partial charge in [-0.05, 0) is 31.5 Å². The number of nitrogens with one attached hydrogen (secondary N) is 1. The molecule has 1 unspecified atom stereocenters. The Morgan fingerprint density at radius 1 is 1.53 bits per heavy atom. The Morgan fingerprint density at radius 3 is 2.76 bits per heavy atom. The largest absolute Gasteiger partial charge is 0.492 e. The Balaban J connectivity index is 2.73. The zero-order valence-corrected chi connectivity index (χ0v) is 10.8. The van der Waals surface area contributed by atoms with Crippen molar-refractivity contribution >= 4 is 23.2 Å². The number of halogens is 1. The van der Waals surface area contributed by atoms with Crippen LogP contribution in [0, 0.1) is 0 Å². The van der Waals surface area contributed by atoms with Gasteiger partial charge < -0.3 is 15.8 Å². The predicted molar refractivity (Wildman–Crippen MR) is 69.5 cm³/mol. The first-order valence-corrected chi connectivity index (χ1v) is 5.95. The predicted octanol–water partition coefficient (Wildman–Crippen LogP) is 2.41. The van der Waals surface area contributed by atoms with E-state index in [0.717, 1.165) is 0 Å². The fraction of sp³-hybridized carbons (Fsp3) is 0.417. The van der Waals surface area contributed by atoms with Crippen molar-refractivity contribution in [3.8, 4) is 5.75 Å². The third kappa shape index (κ3) is 3.91. The van der Waals surface area contributed by atoms with Crippen molar-refractivity contribution in [2.24, 2.45) is 5.73 Å². The van der Waals surface area contributed by atoms with Gasteiger partial charge >= 0.3 is 0 Å². The SMILES string of the molecule is CCOc1ccc(NC(=O)C(N)CC)cc1Cl. The number of carbonyl (C=O) groups is 1. The first-order chi connectivity index (χ1) is 8.08. The Labute approximate surface area is 106 Å². The molecule has 0 aliphatic carbocycles. The molecule has 17 heavy (non-hydrogen) atoms. The highest BCUT2D eigenvalue weighted by molar-refractivity contribution is 6.32. The molecule has 5 heteroatoms. The van der Waals surface area contributed by atoms with E-state index >= 15 is 0 Å². The maximum atomic E-state index is 11.6. The van der Waals surface area contributed by atoms with E-state index in [9.17, 15) is 4.79 Å². The van der Waals surface area contributed by atoms with Crippen molar-refractivity contribution in [3.05, 3.63) is 23.2 Å². The number of carbonyl (C=O) groups excluding carboxylic acids is 1. The van der Waals surface area contributed by atoms with Crippen molar-refractivity contribution in [3.63, 3.8) is 0 Å². The van der Waals surface area contributed by atoms with Gasteiger partial charge in [-0.15, -0.1) is 0 Å². The maximum absolute atomic E-state index is 11.6. The summed E-state index contributed by atoms with van der Waals surface area (Å²) in [6.45, 7) is 4.29. The molecule has 0 heterocycles. The van der Waals surface area contributed by atoms with Gasteiger partial charge in [-0.3, -0.25) is 4.79 Å². The third-order valence-corrected chi connectivity index (χ3v) is 2.57. The zero-order chi connectivity index (χ0) is 12.8. The molecule has 0 bridgehead atoms. The standard InChI is InChI=1S/C12H17ClN2O2/c1-3-10(14)12(16)15-8-5-6-11(17-4-2)9(13)7-8/h5-7,10H,3-4,14H2,1-2H3,(H,15,16). The van der Waals surface area contributed by atoms with E-state index in [1.807, 2.05) is 13.8 Å². The van der Waals surface area contributed by atoms with Crippen molar-refractivity contribution in [2.45, 2.75) is 26.3 Å². The lowest BCUT2D eigenvalue weighted by Gasteiger charge is -2.11. The van der Waals surface area contributed by atoms with Gasteiger partial charge in [-0.2, -0.15) is 0 Å². The van der Waals surface area contributed by atoms with Crippen LogP contribution in [0.2, 0.25) is 5.02 Å². The van der Waals surface area contributed by atoms with Crippen molar-refractivity contribution in [2.75, 3.05) is 11.9 Å². The molecule has 1 rings (SSSR count). The van der Waals surface area contributed by atoms with Gasteiger partial charge in [0, 0.05) is 5.69 Å². The highest BCUT2D eigenvalue weighted by Crippen LogP contribution is 2.27. The minimum atomic E-state index is -0.500. The van der Waals surface area contributed by atoms with E-state index in [1.165, 1.54) is 0 Å². The first-order valence-electron chi connectivity index (χ1n) is 5.57. The third-order valence-electron chi connectivity index (χ3n) is 2.28. The Hall–Kier alpha value is -1.26. The Kier molecular flexibility index (Phi) is 5.25. The average molecular weight is 257 g/mol. The smallest absolute Gasteiger partial charge is 0.241 e. The Morgan fingerprint density at radius 2 is 2.24 bits per heavy atom. The number of hydrogen-bond acceptors (Lipinski definition) is 3. The minimum absolute atomic E-state index is 0.215. The topological polar surface area (TPSA) is 64.3 Å². The fourth-order valence-electron chi connectivity index (χ4n) is 1.27. The van der Waals surface area contributed by atoms with Crippen molar-refractivity contribution in [1.29, 1.82) is 0 Å². The van der Waals surface area contributed by atoms with E-state index in [2.05, 4.69) is 5.32 Å². The van der Waals surface area contributed by atoms with Gasteiger partial charge in [0.25, 0.3) is 0 Å². The van der Waals surface area contributed by atoms with Crippen LogP contribution in [0.3, 0.4) is 0 Å². The van der Waals surface area contributed by atoms with Crippen molar-refractivity contribution < 1.29 is 9.53 Å². The molecule has 0 saturated carbocycles. The molecule has 0 radical (unpaired) electrons. The van der Waals surface area contributed by atoms with Gasteiger partial charge in [0.05, 0.1) is 17.7 Å². The van der Waals surface area contributed by atoms with E-state index in [4.69, 9.17) is 22.1 Å². The second kappa shape index (κ2) is 6.47. The summed E-state index contributed by atoms with van der Waals surface area (Å²) in [5, 5.41) is 3.17. The summed E-state index contributed by atoms with van der Waals surface area (Å²) >= 11 is 6.00.